The van der Waals surface area contributed by atoms with Gasteiger partial charge in [-0.15, -0.1) is 11.3 Å². The van der Waals surface area contributed by atoms with Gasteiger partial charge in [0.2, 0.25) is 5.91 Å². The number of hydrogen-bond donors (Lipinski definition) is 0. The second-order valence-electron chi connectivity index (χ2n) is 7.90. The van der Waals surface area contributed by atoms with Crippen LogP contribution in [0.15, 0.2) is 66.0 Å². The Hall–Kier alpha value is -3.49. The van der Waals surface area contributed by atoms with Crippen LogP contribution in [0.2, 0.25) is 0 Å². The average molecular weight is 463 g/mol. The van der Waals surface area contributed by atoms with Gasteiger partial charge in [-0.2, -0.15) is 0 Å². The lowest BCUT2D eigenvalue weighted by Gasteiger charge is -2.29. The van der Waals surface area contributed by atoms with E-state index in [0.29, 0.717) is 11.3 Å². The van der Waals surface area contributed by atoms with Gasteiger partial charge in [-0.25, -0.2) is 14.8 Å². The second kappa shape index (κ2) is 8.46. The summed E-state index contributed by atoms with van der Waals surface area (Å²) >= 11 is 1.53. The van der Waals surface area contributed by atoms with E-state index in [2.05, 4.69) is 0 Å². The summed E-state index contributed by atoms with van der Waals surface area (Å²) in [5.41, 5.74) is 2.59. The van der Waals surface area contributed by atoms with Crippen LogP contribution in [0.4, 0.5) is 11.4 Å². The zero-order chi connectivity index (χ0) is 23.1. The van der Waals surface area contributed by atoms with Crippen LogP contribution in [0, 0.1) is 12.8 Å². The molecule has 0 radical (unpaired) electrons. The van der Waals surface area contributed by atoms with Gasteiger partial charge in [-0.1, -0.05) is 24.3 Å². The van der Waals surface area contributed by atoms with E-state index in [1.165, 1.54) is 16.2 Å². The topological polar surface area (TPSA) is 76.2 Å². The summed E-state index contributed by atoms with van der Waals surface area (Å²) in [4.78, 5) is 47.2. The normalized spacial score (nSPS) is 22.1. The monoisotopic (exact) mass is 462 g/mol. The number of esters is 1. The third-order valence-corrected chi connectivity index (χ3v) is 6.88. The number of para-hydroxylation sites is 1. The Kier molecular flexibility index (Phi) is 5.47. The zero-order valence-corrected chi connectivity index (χ0v) is 19.0. The molecule has 0 N–H and O–H groups in total. The summed E-state index contributed by atoms with van der Waals surface area (Å²) < 4.78 is 5.00. The molecule has 3 atom stereocenters. The number of hydrogen-bond acceptors (Lipinski definition) is 7. The minimum atomic E-state index is -0.922. The molecule has 8 heteroatoms. The van der Waals surface area contributed by atoms with Crippen molar-refractivity contribution >= 4 is 40.5 Å². The Labute approximate surface area is 195 Å². The quantitative estimate of drug-likeness (QED) is 0.416. The first-order chi connectivity index (χ1) is 16.0. The molecule has 7 nitrogen and oxygen atoms in total. The Morgan fingerprint density at radius 1 is 1.03 bits per heavy atom. The van der Waals surface area contributed by atoms with Crippen LogP contribution in [0.25, 0.3) is 0 Å². The molecule has 2 aromatic carbocycles. The van der Waals surface area contributed by atoms with E-state index in [9.17, 15) is 14.4 Å². The highest BCUT2D eigenvalue weighted by molar-refractivity contribution is 7.10. The average Bonchev–Trinajstić information content (AvgIpc) is 3.52. The lowest BCUT2D eigenvalue weighted by atomic mass is 9.95. The molecule has 2 fully saturated rings. The number of aryl methyl sites for hydroxylation is 1. The van der Waals surface area contributed by atoms with E-state index >= 15 is 0 Å². The van der Waals surface area contributed by atoms with Gasteiger partial charge in [0.15, 0.2) is 6.10 Å². The number of fused-ring (bicyclic) bond motifs is 1. The molecule has 0 saturated carbocycles. The van der Waals surface area contributed by atoms with Crippen molar-refractivity contribution in [3.8, 4) is 0 Å². The van der Waals surface area contributed by atoms with Gasteiger partial charge in [-0.3, -0.25) is 14.4 Å². The minimum Gasteiger partial charge on any atom is -0.462 e. The molecule has 2 aliphatic rings. The van der Waals surface area contributed by atoms with E-state index in [0.717, 1.165) is 16.1 Å². The number of carbonyl (C=O) groups excluding carboxylic acids is 3. The van der Waals surface area contributed by atoms with Crippen molar-refractivity contribution in [1.82, 2.24) is 0 Å². The first kappa shape index (κ1) is 21.4. The van der Waals surface area contributed by atoms with Gasteiger partial charge >= 0.3 is 5.97 Å². The maximum atomic E-state index is 13.6. The fourth-order valence-corrected chi connectivity index (χ4v) is 5.25. The van der Waals surface area contributed by atoms with Crippen molar-refractivity contribution in [3.63, 3.8) is 0 Å². The van der Waals surface area contributed by atoms with Crippen LogP contribution in [-0.2, 0) is 19.2 Å². The molecule has 3 aromatic rings. The summed E-state index contributed by atoms with van der Waals surface area (Å²) in [5, 5.41) is 3.67. The minimum absolute atomic E-state index is 0.270. The maximum Gasteiger partial charge on any atom is 0.338 e. The zero-order valence-electron chi connectivity index (χ0n) is 18.1. The largest absolute Gasteiger partial charge is 0.462 e. The highest BCUT2D eigenvalue weighted by Gasteiger charge is 2.60. The lowest BCUT2D eigenvalue weighted by Crippen LogP contribution is -2.37. The summed E-state index contributed by atoms with van der Waals surface area (Å²) in [6, 6.07) is 17.5. The molecule has 33 heavy (non-hydrogen) atoms. The molecule has 168 valence electrons. The molecule has 5 rings (SSSR count). The number of carbonyl (C=O) groups is 3. The van der Waals surface area contributed by atoms with Gasteiger partial charge in [0.25, 0.3) is 5.91 Å². The number of nitrogens with zero attached hydrogens (tertiary/aromatic N) is 2. The molecule has 3 heterocycles. The van der Waals surface area contributed by atoms with Crippen LogP contribution in [0.5, 0.6) is 0 Å². The van der Waals surface area contributed by atoms with Gasteiger partial charge in [0.05, 0.1) is 23.5 Å². The number of imide groups is 1. The van der Waals surface area contributed by atoms with Crippen LogP contribution in [-0.4, -0.2) is 30.5 Å². The highest BCUT2D eigenvalue weighted by atomic mass is 32.1. The molecule has 1 aromatic heterocycles. The van der Waals surface area contributed by atoms with Crippen LogP contribution in [0.3, 0.4) is 0 Å². The summed E-state index contributed by atoms with van der Waals surface area (Å²) in [5.74, 6) is -1.86. The van der Waals surface area contributed by atoms with Gasteiger partial charge in [0, 0.05) is 4.88 Å². The van der Waals surface area contributed by atoms with Gasteiger partial charge in [-0.05, 0) is 61.2 Å². The number of anilines is 2. The summed E-state index contributed by atoms with van der Waals surface area (Å²) in [6.07, 6.45) is -0.922. The first-order valence-electron chi connectivity index (χ1n) is 10.7. The third kappa shape index (κ3) is 3.51. The highest BCUT2D eigenvalue weighted by Crippen LogP contribution is 2.49. The molecule has 3 unspecified atom stereocenters. The molecule has 0 aliphatic carbocycles. The molecule has 2 aliphatic heterocycles. The number of hydroxylamine groups is 1. The molecule has 0 spiro atoms. The molecular formula is C25H22N2O5S. The van der Waals surface area contributed by atoms with Crippen molar-refractivity contribution in [2.75, 3.05) is 16.6 Å². The van der Waals surface area contributed by atoms with Crippen molar-refractivity contribution in [2.45, 2.75) is 26.0 Å². The van der Waals surface area contributed by atoms with E-state index in [1.54, 1.807) is 36.3 Å². The fraction of sp³-hybridized carbons (Fsp3) is 0.240. The fourth-order valence-electron chi connectivity index (χ4n) is 4.40. The Bertz CT molecular complexity index is 1210. The summed E-state index contributed by atoms with van der Waals surface area (Å²) in [7, 11) is 0. The number of amides is 2. The van der Waals surface area contributed by atoms with E-state index in [4.69, 9.17) is 9.57 Å². The SMILES string of the molecule is CCOC(=O)c1ccc(N2C(=O)C3ON(c4ccccc4C)C(c4cccs4)C3C2=O)cc1. The van der Waals surface area contributed by atoms with Crippen molar-refractivity contribution < 1.29 is 24.0 Å². The number of ether oxygens (including phenoxy) is 1. The van der Waals surface area contributed by atoms with E-state index in [1.807, 2.05) is 48.7 Å². The maximum absolute atomic E-state index is 13.6. The van der Waals surface area contributed by atoms with E-state index < -0.39 is 29.9 Å². The van der Waals surface area contributed by atoms with Crippen molar-refractivity contribution in [1.29, 1.82) is 0 Å². The number of benzene rings is 2. The Morgan fingerprint density at radius 3 is 2.45 bits per heavy atom. The Balaban J connectivity index is 1.49. The number of thiophene rings is 1. The second-order valence-corrected chi connectivity index (χ2v) is 8.88. The Morgan fingerprint density at radius 2 is 1.79 bits per heavy atom. The lowest BCUT2D eigenvalue weighted by molar-refractivity contribution is -0.126. The van der Waals surface area contributed by atoms with E-state index in [-0.39, 0.29) is 12.5 Å². The van der Waals surface area contributed by atoms with Gasteiger partial charge < -0.3 is 4.74 Å². The van der Waals surface area contributed by atoms with Crippen molar-refractivity contribution in [2.24, 2.45) is 5.92 Å². The molecule has 0 bridgehead atoms. The van der Waals surface area contributed by atoms with Crippen molar-refractivity contribution in [3.05, 3.63) is 82.0 Å². The third-order valence-electron chi connectivity index (χ3n) is 5.94. The molecule has 2 saturated heterocycles. The predicted molar refractivity (Wildman–Crippen MR) is 124 cm³/mol. The van der Waals surface area contributed by atoms with Crippen LogP contribution < -0.4 is 9.96 Å². The van der Waals surface area contributed by atoms with Gasteiger partial charge in [0.1, 0.15) is 12.0 Å². The first-order valence-corrected chi connectivity index (χ1v) is 11.6. The van der Waals surface area contributed by atoms with Crippen LogP contribution >= 0.6 is 11.3 Å². The molecular weight excluding hydrogens is 440 g/mol. The number of rotatable bonds is 5. The molecule has 2 amide bonds. The smallest absolute Gasteiger partial charge is 0.338 e. The summed E-state index contributed by atoms with van der Waals surface area (Å²) in [6.45, 7) is 3.97. The van der Waals surface area contributed by atoms with Crippen LogP contribution in [0.1, 0.15) is 33.8 Å². The standard InChI is InChI=1S/C25H22N2O5S/c1-3-31-25(30)16-10-12-17(13-11-16)26-23(28)20-21(19-9-6-14-33-19)27(32-22(20)24(26)29)18-8-5-4-7-15(18)2/h4-14,20-22H,3H2,1-2H3. The predicted octanol–water partition coefficient (Wildman–Crippen LogP) is 4.28.